The number of hydrogen-bond donors (Lipinski definition) is 0. The van der Waals surface area contributed by atoms with Crippen LogP contribution >= 0.6 is 0 Å². The van der Waals surface area contributed by atoms with E-state index in [0.717, 1.165) is 56.2 Å². The molecular formula is C37H30N2. The molecule has 2 heterocycles. The van der Waals surface area contributed by atoms with E-state index < -0.39 is 5.41 Å². The maximum absolute atomic E-state index is 5.40. The Morgan fingerprint density at radius 1 is 0.410 bits per heavy atom. The molecule has 0 amide bonds. The zero-order valence-electron chi connectivity index (χ0n) is 22.3. The van der Waals surface area contributed by atoms with Crippen LogP contribution in [0.15, 0.2) is 146 Å². The second-order valence-electron chi connectivity index (χ2n) is 10.0. The van der Waals surface area contributed by atoms with Crippen LogP contribution < -0.4 is 0 Å². The topological polar surface area (TPSA) is 25.8 Å². The van der Waals surface area contributed by atoms with E-state index in [0.29, 0.717) is 0 Å². The van der Waals surface area contributed by atoms with Gasteiger partial charge in [-0.15, -0.1) is 0 Å². The van der Waals surface area contributed by atoms with E-state index in [1.165, 1.54) is 0 Å². The molecule has 4 aromatic carbocycles. The van der Waals surface area contributed by atoms with Crippen molar-refractivity contribution in [3.8, 4) is 22.5 Å². The fourth-order valence-corrected chi connectivity index (χ4v) is 5.50. The highest BCUT2D eigenvalue weighted by atomic mass is 14.8. The molecule has 2 aromatic heterocycles. The van der Waals surface area contributed by atoms with Gasteiger partial charge in [0.25, 0.3) is 0 Å². The lowest BCUT2D eigenvalue weighted by Gasteiger charge is -2.35. The van der Waals surface area contributed by atoms with Crippen LogP contribution in [0.4, 0.5) is 0 Å². The van der Waals surface area contributed by atoms with Gasteiger partial charge in [-0.25, -0.2) is 0 Å². The molecule has 0 atom stereocenters. The highest BCUT2D eigenvalue weighted by Crippen LogP contribution is 2.45. The van der Waals surface area contributed by atoms with E-state index in [2.05, 4.69) is 147 Å². The molecule has 188 valence electrons. The molecule has 0 spiro atoms. The van der Waals surface area contributed by atoms with Crippen LogP contribution in [-0.2, 0) is 5.41 Å². The summed E-state index contributed by atoms with van der Waals surface area (Å²) in [5.74, 6) is 0. The van der Waals surface area contributed by atoms with Gasteiger partial charge in [-0.05, 0) is 60.4 Å². The van der Waals surface area contributed by atoms with Crippen LogP contribution in [0.1, 0.15) is 33.6 Å². The van der Waals surface area contributed by atoms with E-state index in [1.807, 2.05) is 12.1 Å². The number of benzene rings is 4. The third kappa shape index (κ3) is 4.66. The van der Waals surface area contributed by atoms with E-state index >= 15 is 0 Å². The average molecular weight is 503 g/mol. The summed E-state index contributed by atoms with van der Waals surface area (Å²) in [5, 5.41) is 0. The van der Waals surface area contributed by atoms with Gasteiger partial charge >= 0.3 is 0 Å². The SMILES string of the molecule is Cc1cc(-c2ccccc2)nc(C(c2ccccc2)(c2ccccc2)c2cc(C)cc(-c3ccccc3)n2)c1. The summed E-state index contributed by atoms with van der Waals surface area (Å²) in [6.07, 6.45) is 0. The van der Waals surface area contributed by atoms with Crippen molar-refractivity contribution in [3.05, 3.63) is 179 Å². The average Bonchev–Trinajstić information content (AvgIpc) is 2.99. The summed E-state index contributed by atoms with van der Waals surface area (Å²) < 4.78 is 0. The molecule has 0 bridgehead atoms. The molecule has 6 rings (SSSR count). The van der Waals surface area contributed by atoms with Crippen molar-refractivity contribution in [2.75, 3.05) is 0 Å². The van der Waals surface area contributed by atoms with Crippen molar-refractivity contribution in [2.45, 2.75) is 19.3 Å². The maximum Gasteiger partial charge on any atom is 0.105 e. The summed E-state index contributed by atoms with van der Waals surface area (Å²) in [5.41, 5.74) is 9.86. The number of nitrogens with zero attached hydrogens (tertiary/aromatic N) is 2. The molecule has 6 aromatic rings. The Labute approximate surface area is 230 Å². The lowest BCUT2D eigenvalue weighted by Crippen LogP contribution is -2.33. The molecule has 0 saturated carbocycles. The van der Waals surface area contributed by atoms with Gasteiger partial charge < -0.3 is 0 Å². The molecule has 0 aliphatic heterocycles. The van der Waals surface area contributed by atoms with Crippen LogP contribution in [0.25, 0.3) is 22.5 Å². The summed E-state index contributed by atoms with van der Waals surface area (Å²) in [4.78, 5) is 10.8. The normalized spacial score (nSPS) is 11.3. The summed E-state index contributed by atoms with van der Waals surface area (Å²) in [6, 6.07) is 51.0. The van der Waals surface area contributed by atoms with Crippen molar-refractivity contribution in [1.82, 2.24) is 9.97 Å². The van der Waals surface area contributed by atoms with Gasteiger partial charge in [-0.3, -0.25) is 9.97 Å². The predicted molar refractivity (Wildman–Crippen MR) is 161 cm³/mol. The standard InChI is InChI=1S/C37H30N2/c1-27-23-33(29-15-7-3-8-16-29)38-35(25-27)37(31-19-11-5-12-20-31,32-21-13-6-14-22-32)36-26-28(2)24-34(39-36)30-17-9-4-10-18-30/h3-26H,1-2H3. The zero-order valence-corrected chi connectivity index (χ0v) is 22.3. The molecule has 2 nitrogen and oxygen atoms in total. The van der Waals surface area contributed by atoms with Gasteiger partial charge in [-0.1, -0.05) is 121 Å². The lowest BCUT2D eigenvalue weighted by atomic mass is 9.68. The van der Waals surface area contributed by atoms with Crippen LogP contribution in [0.2, 0.25) is 0 Å². The third-order valence-electron chi connectivity index (χ3n) is 7.26. The second-order valence-corrected chi connectivity index (χ2v) is 10.0. The van der Waals surface area contributed by atoms with Crippen molar-refractivity contribution < 1.29 is 0 Å². The molecule has 0 aliphatic rings. The van der Waals surface area contributed by atoms with Crippen LogP contribution in [0.5, 0.6) is 0 Å². The molecule has 0 aliphatic carbocycles. The van der Waals surface area contributed by atoms with Crippen molar-refractivity contribution in [3.63, 3.8) is 0 Å². The minimum absolute atomic E-state index is 0.729. The van der Waals surface area contributed by atoms with Crippen molar-refractivity contribution in [1.29, 1.82) is 0 Å². The molecule has 0 radical (unpaired) electrons. The Kier molecular flexibility index (Phi) is 6.61. The largest absolute Gasteiger partial charge is 0.251 e. The van der Waals surface area contributed by atoms with E-state index in [-0.39, 0.29) is 0 Å². The van der Waals surface area contributed by atoms with Crippen LogP contribution in [-0.4, -0.2) is 9.97 Å². The quantitative estimate of drug-likeness (QED) is 0.227. The zero-order chi connectivity index (χ0) is 26.7. The lowest BCUT2D eigenvalue weighted by molar-refractivity contribution is 0.687. The van der Waals surface area contributed by atoms with E-state index in [4.69, 9.17) is 9.97 Å². The first kappa shape index (κ1) is 24.5. The van der Waals surface area contributed by atoms with Gasteiger partial charge in [0.2, 0.25) is 0 Å². The summed E-state index contributed by atoms with van der Waals surface area (Å²) >= 11 is 0. The smallest absolute Gasteiger partial charge is 0.105 e. The molecule has 39 heavy (non-hydrogen) atoms. The highest BCUT2D eigenvalue weighted by Gasteiger charge is 2.42. The Balaban J connectivity index is 1.73. The van der Waals surface area contributed by atoms with Gasteiger partial charge in [0.15, 0.2) is 0 Å². The number of rotatable bonds is 6. The molecule has 0 N–H and O–H groups in total. The van der Waals surface area contributed by atoms with Gasteiger partial charge in [0.1, 0.15) is 5.41 Å². The monoisotopic (exact) mass is 502 g/mol. The molecule has 0 saturated heterocycles. The number of pyridine rings is 2. The fourth-order valence-electron chi connectivity index (χ4n) is 5.50. The minimum atomic E-state index is -0.729. The maximum atomic E-state index is 5.40. The first-order valence-corrected chi connectivity index (χ1v) is 13.3. The van der Waals surface area contributed by atoms with Crippen LogP contribution in [0, 0.1) is 13.8 Å². The highest BCUT2D eigenvalue weighted by molar-refractivity contribution is 5.66. The first-order chi connectivity index (χ1) is 19.1. The predicted octanol–water partition coefficient (Wildman–Crippen LogP) is 8.81. The van der Waals surface area contributed by atoms with E-state index in [1.54, 1.807) is 0 Å². The van der Waals surface area contributed by atoms with E-state index in [9.17, 15) is 0 Å². The van der Waals surface area contributed by atoms with Gasteiger partial charge in [0, 0.05) is 11.1 Å². The first-order valence-electron chi connectivity index (χ1n) is 13.3. The van der Waals surface area contributed by atoms with Gasteiger partial charge in [-0.2, -0.15) is 0 Å². The second kappa shape index (κ2) is 10.5. The Morgan fingerprint density at radius 2 is 0.744 bits per heavy atom. The Bertz CT molecular complexity index is 1560. The van der Waals surface area contributed by atoms with Crippen molar-refractivity contribution >= 4 is 0 Å². The minimum Gasteiger partial charge on any atom is -0.251 e. The number of hydrogen-bond acceptors (Lipinski definition) is 2. The molecule has 0 fully saturated rings. The third-order valence-corrected chi connectivity index (χ3v) is 7.26. The van der Waals surface area contributed by atoms with Gasteiger partial charge in [0.05, 0.1) is 22.8 Å². The Morgan fingerprint density at radius 3 is 1.10 bits per heavy atom. The number of aryl methyl sites for hydroxylation is 2. The molecular weight excluding hydrogens is 472 g/mol. The molecule has 2 heteroatoms. The van der Waals surface area contributed by atoms with Crippen molar-refractivity contribution in [2.24, 2.45) is 0 Å². The summed E-state index contributed by atoms with van der Waals surface area (Å²) in [6.45, 7) is 4.30. The number of aromatic nitrogens is 2. The van der Waals surface area contributed by atoms with Crippen LogP contribution in [0.3, 0.4) is 0 Å². The summed E-state index contributed by atoms with van der Waals surface area (Å²) in [7, 11) is 0. The molecule has 0 unspecified atom stereocenters. The fraction of sp³-hybridized carbons (Fsp3) is 0.0811. The Hall–Kier alpha value is -4.82.